The first-order valence-corrected chi connectivity index (χ1v) is 13.8. The van der Waals surface area contributed by atoms with Gasteiger partial charge >= 0.3 is 0 Å². The molecule has 10 unspecified atom stereocenters. The van der Waals surface area contributed by atoms with Gasteiger partial charge in [0.2, 0.25) is 5.78 Å². The first-order valence-electron chi connectivity index (χ1n) is 13.8. The van der Waals surface area contributed by atoms with Gasteiger partial charge in [0.1, 0.15) is 0 Å². The molecule has 5 aliphatic carbocycles. The lowest BCUT2D eigenvalue weighted by molar-refractivity contribution is -0.203. The lowest BCUT2D eigenvalue weighted by Gasteiger charge is -2.69. The van der Waals surface area contributed by atoms with Crippen LogP contribution in [0.1, 0.15) is 80.6 Å². The van der Waals surface area contributed by atoms with E-state index < -0.39 is 23.0 Å². The number of aliphatic hydroxyl groups is 4. The summed E-state index contributed by atoms with van der Waals surface area (Å²) in [5, 5.41) is 44.8. The third kappa shape index (κ3) is 2.84. The molecule has 5 rings (SSSR count). The lowest BCUT2D eigenvalue weighted by Crippen LogP contribution is -2.66. The molecular formula is C30H46O5. The summed E-state index contributed by atoms with van der Waals surface area (Å²) in [5.74, 6) is 0.0374. The summed E-state index contributed by atoms with van der Waals surface area (Å²) >= 11 is 0. The molecule has 35 heavy (non-hydrogen) atoms. The fraction of sp³-hybridized carbons (Fsp3) is 0.833. The van der Waals surface area contributed by atoms with Crippen molar-refractivity contribution in [2.75, 3.05) is 6.61 Å². The molecule has 4 N–H and O–H groups in total. The molecule has 0 aliphatic heterocycles. The second-order valence-corrected chi connectivity index (χ2v) is 14.4. The van der Waals surface area contributed by atoms with Gasteiger partial charge in [-0.2, -0.15) is 0 Å². The summed E-state index contributed by atoms with van der Waals surface area (Å²) in [5.41, 5.74) is -0.950. The second kappa shape index (κ2) is 7.45. The maximum atomic E-state index is 12.9. The zero-order chi connectivity index (χ0) is 25.9. The van der Waals surface area contributed by atoms with Crippen molar-refractivity contribution in [2.45, 2.75) is 92.8 Å². The molecule has 0 amide bonds. The van der Waals surface area contributed by atoms with E-state index in [1.807, 2.05) is 13.8 Å². The summed E-state index contributed by atoms with van der Waals surface area (Å²) in [7, 11) is 0. The Bertz CT molecular complexity index is 995. The van der Waals surface area contributed by atoms with Crippen LogP contribution in [0.2, 0.25) is 0 Å². The average molecular weight is 487 g/mol. The molecule has 0 spiro atoms. The van der Waals surface area contributed by atoms with Crippen molar-refractivity contribution in [3.05, 3.63) is 23.5 Å². The molecule has 0 aromatic heterocycles. The number of rotatable bonds is 2. The number of hydrogen-bond acceptors (Lipinski definition) is 5. The second-order valence-electron chi connectivity index (χ2n) is 14.4. The summed E-state index contributed by atoms with van der Waals surface area (Å²) < 4.78 is 0. The van der Waals surface area contributed by atoms with Crippen LogP contribution in [-0.4, -0.2) is 45.0 Å². The number of carbonyl (C=O) groups excluding carboxylic acids is 1. The Balaban J connectivity index is 1.67. The van der Waals surface area contributed by atoms with Gasteiger partial charge in [-0.3, -0.25) is 4.79 Å². The minimum Gasteiger partial charge on any atom is -0.505 e. The zero-order valence-corrected chi connectivity index (χ0v) is 22.6. The fourth-order valence-corrected chi connectivity index (χ4v) is 10.7. The number of aliphatic hydroxyl groups excluding tert-OH is 4. The Kier molecular flexibility index (Phi) is 5.42. The van der Waals surface area contributed by atoms with E-state index >= 15 is 0 Å². The van der Waals surface area contributed by atoms with Crippen molar-refractivity contribution in [2.24, 2.45) is 56.7 Å². The van der Waals surface area contributed by atoms with E-state index in [0.717, 1.165) is 31.3 Å². The highest BCUT2D eigenvalue weighted by Gasteiger charge is 2.72. The van der Waals surface area contributed by atoms with Crippen LogP contribution in [0, 0.1) is 56.7 Å². The van der Waals surface area contributed by atoms with Crippen LogP contribution in [0.25, 0.3) is 0 Å². The van der Waals surface area contributed by atoms with Gasteiger partial charge in [-0.1, -0.05) is 60.1 Å². The molecule has 0 radical (unpaired) electrons. The SMILES string of the molecule is CC(C)C1CC(O)C2C1(CO)CCC1(C)C3C(=CCC21C)C1(C)C=C(O)C(=O)C(C)(C)C1CC3O. The van der Waals surface area contributed by atoms with Gasteiger partial charge in [0.15, 0.2) is 5.76 Å². The van der Waals surface area contributed by atoms with E-state index in [4.69, 9.17) is 0 Å². The van der Waals surface area contributed by atoms with Crippen LogP contribution in [0.5, 0.6) is 0 Å². The molecule has 196 valence electrons. The molecule has 5 aliphatic rings. The molecule has 0 heterocycles. The van der Waals surface area contributed by atoms with Gasteiger partial charge in [-0.05, 0) is 72.7 Å². The molecule has 3 saturated carbocycles. The van der Waals surface area contributed by atoms with Gasteiger partial charge in [0.05, 0.1) is 12.2 Å². The third-order valence-electron chi connectivity index (χ3n) is 12.5. The van der Waals surface area contributed by atoms with E-state index in [-0.39, 0.29) is 58.1 Å². The van der Waals surface area contributed by atoms with Crippen molar-refractivity contribution in [1.82, 2.24) is 0 Å². The molecule has 5 nitrogen and oxygen atoms in total. The molecule has 0 saturated heterocycles. The number of carbonyl (C=O) groups is 1. The van der Waals surface area contributed by atoms with Crippen molar-refractivity contribution in [3.8, 4) is 0 Å². The Labute approximate surface area is 210 Å². The normalized spacial score (nSPS) is 52.7. The predicted octanol–water partition coefficient (Wildman–Crippen LogP) is 4.81. The van der Waals surface area contributed by atoms with Gasteiger partial charge in [0, 0.05) is 28.8 Å². The Morgan fingerprint density at radius 1 is 1.00 bits per heavy atom. The van der Waals surface area contributed by atoms with Gasteiger partial charge in [0.25, 0.3) is 0 Å². The highest BCUT2D eigenvalue weighted by molar-refractivity contribution is 5.99. The largest absolute Gasteiger partial charge is 0.505 e. The van der Waals surface area contributed by atoms with Crippen molar-refractivity contribution >= 4 is 5.78 Å². The van der Waals surface area contributed by atoms with Crippen LogP contribution in [0.4, 0.5) is 0 Å². The molecule has 10 atom stereocenters. The van der Waals surface area contributed by atoms with E-state index in [0.29, 0.717) is 12.3 Å². The maximum Gasteiger partial charge on any atom is 0.202 e. The molecule has 3 fully saturated rings. The van der Waals surface area contributed by atoms with E-state index in [9.17, 15) is 25.2 Å². The Hall–Kier alpha value is -1.17. The average Bonchev–Trinajstić information content (AvgIpc) is 3.09. The van der Waals surface area contributed by atoms with Crippen LogP contribution in [0.15, 0.2) is 23.5 Å². The monoisotopic (exact) mass is 486 g/mol. The predicted molar refractivity (Wildman–Crippen MR) is 135 cm³/mol. The molecule has 0 bridgehead atoms. The van der Waals surface area contributed by atoms with E-state index in [2.05, 4.69) is 40.7 Å². The smallest absolute Gasteiger partial charge is 0.202 e. The van der Waals surface area contributed by atoms with Crippen LogP contribution in [-0.2, 0) is 4.79 Å². The first-order chi connectivity index (χ1) is 16.1. The topological polar surface area (TPSA) is 98.0 Å². The molecular weight excluding hydrogens is 440 g/mol. The fourth-order valence-electron chi connectivity index (χ4n) is 10.7. The summed E-state index contributed by atoms with van der Waals surface area (Å²) in [6.07, 6.45) is 6.73. The number of fused-ring (bicyclic) bond motifs is 7. The standard InChI is InChI=1S/C30H46O5/c1-16(2)18-12-20(33)24-29(7)9-8-17-23(28(29,6)10-11-30(18,24)15-31)19(32)13-22-26(3,4)25(35)21(34)14-27(17,22)5/h8,14,16,18-20,22-24,31-34H,9-13,15H2,1-7H3. The maximum absolute atomic E-state index is 12.9. The van der Waals surface area contributed by atoms with Crippen LogP contribution < -0.4 is 0 Å². The Morgan fingerprint density at radius 2 is 1.66 bits per heavy atom. The van der Waals surface area contributed by atoms with Gasteiger partial charge in [-0.15, -0.1) is 0 Å². The summed E-state index contributed by atoms with van der Waals surface area (Å²) in [6.45, 7) is 15.1. The van der Waals surface area contributed by atoms with Crippen molar-refractivity contribution in [1.29, 1.82) is 0 Å². The van der Waals surface area contributed by atoms with E-state index in [1.165, 1.54) is 0 Å². The molecule has 0 aromatic rings. The van der Waals surface area contributed by atoms with Crippen molar-refractivity contribution < 1.29 is 25.2 Å². The third-order valence-corrected chi connectivity index (χ3v) is 12.5. The Morgan fingerprint density at radius 3 is 2.26 bits per heavy atom. The first kappa shape index (κ1) is 25.5. The van der Waals surface area contributed by atoms with Crippen LogP contribution in [0.3, 0.4) is 0 Å². The van der Waals surface area contributed by atoms with E-state index in [1.54, 1.807) is 6.08 Å². The number of allylic oxidation sites excluding steroid dienone is 3. The summed E-state index contributed by atoms with van der Waals surface area (Å²) in [6, 6.07) is 0. The minimum absolute atomic E-state index is 0.0324. The van der Waals surface area contributed by atoms with Crippen LogP contribution >= 0.6 is 0 Å². The highest BCUT2D eigenvalue weighted by atomic mass is 16.3. The summed E-state index contributed by atoms with van der Waals surface area (Å²) in [4.78, 5) is 12.9. The highest BCUT2D eigenvalue weighted by Crippen LogP contribution is 2.75. The van der Waals surface area contributed by atoms with Gasteiger partial charge < -0.3 is 20.4 Å². The molecule has 5 heteroatoms. The number of Topliss-reactive ketones (excluding diaryl/α,β-unsaturated/α-hetero) is 1. The quantitative estimate of drug-likeness (QED) is 0.420. The molecule has 0 aromatic carbocycles. The van der Waals surface area contributed by atoms with Crippen molar-refractivity contribution in [3.63, 3.8) is 0 Å². The zero-order valence-electron chi connectivity index (χ0n) is 22.6. The number of ketones is 1. The van der Waals surface area contributed by atoms with Gasteiger partial charge in [-0.25, -0.2) is 0 Å². The number of hydrogen-bond donors (Lipinski definition) is 4. The lowest BCUT2D eigenvalue weighted by atomic mass is 9.35. The minimum atomic E-state index is -0.757.